The molecule has 8 aromatic carbocycles. The first kappa shape index (κ1) is 28.3. The third-order valence-electron chi connectivity index (χ3n) is 8.89. The van der Waals surface area contributed by atoms with Crippen molar-refractivity contribution in [2.75, 3.05) is 4.90 Å². The molecule has 0 atom stereocenters. The predicted molar refractivity (Wildman–Crippen MR) is 200 cm³/mol. The van der Waals surface area contributed by atoms with Gasteiger partial charge >= 0.3 is 0 Å². The molecule has 1 heteroatoms. The van der Waals surface area contributed by atoms with Gasteiger partial charge in [0, 0.05) is 17.1 Å². The van der Waals surface area contributed by atoms with E-state index in [1.165, 1.54) is 55.3 Å². The van der Waals surface area contributed by atoms with Crippen LogP contribution in [-0.4, -0.2) is 0 Å². The van der Waals surface area contributed by atoms with E-state index < -0.39 is 0 Å². The molecule has 0 fully saturated rings. The quantitative estimate of drug-likeness (QED) is 0.176. The van der Waals surface area contributed by atoms with Gasteiger partial charge in [0.05, 0.1) is 0 Å². The molecule has 8 aromatic rings. The second-order valence-corrected chi connectivity index (χ2v) is 11.8. The third-order valence-corrected chi connectivity index (χ3v) is 8.89. The van der Waals surface area contributed by atoms with E-state index in [1.807, 2.05) is 0 Å². The predicted octanol–water partition coefficient (Wildman–Crippen LogP) is 13.0. The molecule has 0 amide bonds. The molecule has 0 spiro atoms. The first-order valence-corrected chi connectivity index (χ1v) is 16.1. The number of hydrogen-bond acceptors (Lipinski definition) is 1. The van der Waals surface area contributed by atoms with E-state index >= 15 is 0 Å². The Morgan fingerprint density at radius 3 is 1.38 bits per heavy atom. The van der Waals surface area contributed by atoms with E-state index in [9.17, 15) is 0 Å². The Morgan fingerprint density at radius 2 is 0.702 bits per heavy atom. The van der Waals surface area contributed by atoms with Crippen LogP contribution in [0, 0.1) is 0 Å². The first-order chi connectivity index (χ1) is 23.3. The van der Waals surface area contributed by atoms with Gasteiger partial charge in [-0.2, -0.15) is 0 Å². The Kier molecular flexibility index (Phi) is 7.63. The molecule has 0 heterocycles. The van der Waals surface area contributed by atoms with Crippen LogP contribution < -0.4 is 4.90 Å². The van der Waals surface area contributed by atoms with Gasteiger partial charge in [-0.05, 0) is 91.7 Å². The molecule has 0 unspecified atom stereocenters. The van der Waals surface area contributed by atoms with E-state index in [4.69, 9.17) is 0 Å². The van der Waals surface area contributed by atoms with Crippen LogP contribution in [0.3, 0.4) is 0 Å². The van der Waals surface area contributed by atoms with E-state index in [0.29, 0.717) is 0 Å². The second kappa shape index (κ2) is 12.7. The number of hydrogen-bond donors (Lipinski definition) is 0. The van der Waals surface area contributed by atoms with Crippen molar-refractivity contribution in [1.29, 1.82) is 0 Å². The van der Waals surface area contributed by atoms with Crippen LogP contribution in [0.4, 0.5) is 17.1 Å². The summed E-state index contributed by atoms with van der Waals surface area (Å²) in [5.74, 6) is 0. The Morgan fingerprint density at radius 1 is 0.255 bits per heavy atom. The highest BCUT2D eigenvalue weighted by Crippen LogP contribution is 2.40. The van der Waals surface area contributed by atoms with Crippen LogP contribution >= 0.6 is 0 Å². The summed E-state index contributed by atoms with van der Waals surface area (Å²) in [6, 6.07) is 71.8. The van der Waals surface area contributed by atoms with Gasteiger partial charge in [0.1, 0.15) is 0 Å². The van der Waals surface area contributed by atoms with Gasteiger partial charge < -0.3 is 4.90 Å². The summed E-state index contributed by atoms with van der Waals surface area (Å²) >= 11 is 0. The maximum atomic E-state index is 2.36. The fourth-order valence-electron chi connectivity index (χ4n) is 6.56. The van der Waals surface area contributed by atoms with Crippen molar-refractivity contribution >= 4 is 27.8 Å². The maximum absolute atomic E-state index is 2.36. The zero-order valence-electron chi connectivity index (χ0n) is 26.0. The Bertz CT molecular complexity index is 2260. The van der Waals surface area contributed by atoms with Crippen LogP contribution in [-0.2, 0) is 0 Å². The van der Waals surface area contributed by atoms with Crippen molar-refractivity contribution in [3.05, 3.63) is 200 Å². The number of rotatable bonds is 7. The maximum Gasteiger partial charge on any atom is 0.0467 e. The fraction of sp³-hybridized carbons (Fsp3) is 0. The molecule has 0 aliphatic carbocycles. The summed E-state index contributed by atoms with van der Waals surface area (Å²) in [6.07, 6.45) is 0. The number of nitrogens with zero attached hydrogens (tertiary/aromatic N) is 1. The number of fused-ring (bicyclic) bond motifs is 1. The average Bonchev–Trinajstić information content (AvgIpc) is 3.16. The van der Waals surface area contributed by atoms with Crippen LogP contribution in [0.1, 0.15) is 0 Å². The van der Waals surface area contributed by atoms with Gasteiger partial charge in [0.15, 0.2) is 0 Å². The molecule has 0 saturated carbocycles. The third kappa shape index (κ3) is 5.72. The highest BCUT2D eigenvalue weighted by Gasteiger charge is 2.16. The second-order valence-electron chi connectivity index (χ2n) is 11.8. The lowest BCUT2D eigenvalue weighted by molar-refractivity contribution is 1.28. The Hall–Kier alpha value is -6.18. The van der Waals surface area contributed by atoms with Crippen LogP contribution in [0.25, 0.3) is 55.3 Å². The summed E-state index contributed by atoms with van der Waals surface area (Å²) in [6.45, 7) is 0. The first-order valence-electron chi connectivity index (χ1n) is 16.1. The Balaban J connectivity index is 1.23. The van der Waals surface area contributed by atoms with Gasteiger partial charge in [0.2, 0.25) is 0 Å². The minimum atomic E-state index is 1.11. The van der Waals surface area contributed by atoms with Crippen molar-refractivity contribution in [3.63, 3.8) is 0 Å². The van der Waals surface area contributed by atoms with Gasteiger partial charge in [-0.3, -0.25) is 0 Å². The van der Waals surface area contributed by atoms with Crippen molar-refractivity contribution < 1.29 is 0 Å². The van der Waals surface area contributed by atoms with Gasteiger partial charge in [0.25, 0.3) is 0 Å². The largest absolute Gasteiger partial charge is 0.310 e. The van der Waals surface area contributed by atoms with E-state index in [2.05, 4.69) is 205 Å². The highest BCUT2D eigenvalue weighted by molar-refractivity contribution is 5.97. The SMILES string of the molecule is c1ccc(-c2ccc(N(c3ccc(-c4ccccc4-c4ccccc4)cc3)c3cccc(-c4cccc5ccccc45)c3)cc2)cc1. The van der Waals surface area contributed by atoms with Crippen LogP contribution in [0.5, 0.6) is 0 Å². The molecule has 1 nitrogen and oxygen atoms in total. The summed E-state index contributed by atoms with van der Waals surface area (Å²) in [5, 5.41) is 2.50. The summed E-state index contributed by atoms with van der Waals surface area (Å²) in [4.78, 5) is 2.36. The normalized spacial score (nSPS) is 11.0. The molecule has 0 N–H and O–H groups in total. The molecule has 8 rings (SSSR count). The van der Waals surface area contributed by atoms with Gasteiger partial charge in [-0.25, -0.2) is 0 Å². The molecule has 0 saturated heterocycles. The molecule has 222 valence electrons. The molecule has 0 bridgehead atoms. The molecular formula is C46H33N. The van der Waals surface area contributed by atoms with Crippen molar-refractivity contribution in [2.24, 2.45) is 0 Å². The fourth-order valence-corrected chi connectivity index (χ4v) is 6.56. The van der Waals surface area contributed by atoms with Gasteiger partial charge in [-0.15, -0.1) is 0 Å². The van der Waals surface area contributed by atoms with E-state index in [1.54, 1.807) is 0 Å². The lowest BCUT2D eigenvalue weighted by Gasteiger charge is -2.26. The van der Waals surface area contributed by atoms with Crippen LogP contribution in [0.15, 0.2) is 200 Å². The smallest absolute Gasteiger partial charge is 0.0467 e. The van der Waals surface area contributed by atoms with Crippen molar-refractivity contribution in [1.82, 2.24) is 0 Å². The minimum absolute atomic E-state index is 1.11. The number of anilines is 3. The lowest BCUT2D eigenvalue weighted by atomic mass is 9.94. The molecule has 0 radical (unpaired) electrons. The van der Waals surface area contributed by atoms with Crippen LogP contribution in [0.2, 0.25) is 0 Å². The monoisotopic (exact) mass is 599 g/mol. The zero-order valence-corrected chi connectivity index (χ0v) is 26.0. The minimum Gasteiger partial charge on any atom is -0.310 e. The van der Waals surface area contributed by atoms with Gasteiger partial charge in [-0.1, -0.05) is 164 Å². The number of benzene rings is 8. The van der Waals surface area contributed by atoms with Crippen molar-refractivity contribution in [2.45, 2.75) is 0 Å². The average molecular weight is 600 g/mol. The van der Waals surface area contributed by atoms with E-state index in [-0.39, 0.29) is 0 Å². The molecule has 0 aromatic heterocycles. The standard InChI is InChI=1S/C46H33N/c1-3-13-34(14-4-1)35-25-29-40(30-26-35)47(42-20-11-19-39(33-42)46-24-12-18-37-17-7-8-21-44(37)46)41-31-27-38(28-32-41)45-23-10-9-22-43(45)36-15-5-2-6-16-36/h1-33H. The van der Waals surface area contributed by atoms with Crippen molar-refractivity contribution in [3.8, 4) is 44.5 Å². The summed E-state index contributed by atoms with van der Waals surface area (Å²) < 4.78 is 0. The summed E-state index contributed by atoms with van der Waals surface area (Å²) in [5.41, 5.74) is 13.0. The molecule has 47 heavy (non-hydrogen) atoms. The summed E-state index contributed by atoms with van der Waals surface area (Å²) in [7, 11) is 0. The highest BCUT2D eigenvalue weighted by atomic mass is 15.1. The molecule has 0 aliphatic heterocycles. The van der Waals surface area contributed by atoms with E-state index in [0.717, 1.165) is 17.1 Å². The molecular weight excluding hydrogens is 567 g/mol. The Labute approximate surface area is 276 Å². The zero-order chi connectivity index (χ0) is 31.4. The topological polar surface area (TPSA) is 3.24 Å². The molecule has 0 aliphatic rings. The lowest BCUT2D eigenvalue weighted by Crippen LogP contribution is -2.10.